The van der Waals surface area contributed by atoms with Crippen LogP contribution in [0.1, 0.15) is 46.0 Å². The first-order valence-corrected chi connectivity index (χ1v) is 6.91. The number of hydrogen-bond donors (Lipinski definition) is 1. The van der Waals surface area contributed by atoms with E-state index in [-0.39, 0.29) is 0 Å². The first-order chi connectivity index (χ1) is 7.83. The lowest BCUT2D eigenvalue weighted by molar-refractivity contribution is 0.286. The molecule has 0 aromatic heterocycles. The summed E-state index contributed by atoms with van der Waals surface area (Å²) in [4.78, 5) is 2.58. The van der Waals surface area contributed by atoms with Gasteiger partial charge in [0.25, 0.3) is 0 Å². The maximum absolute atomic E-state index is 3.46. The van der Waals surface area contributed by atoms with Crippen molar-refractivity contribution in [1.82, 2.24) is 10.2 Å². The first-order valence-electron chi connectivity index (χ1n) is 6.91. The fourth-order valence-corrected chi connectivity index (χ4v) is 2.08. The van der Waals surface area contributed by atoms with Gasteiger partial charge in [0, 0.05) is 13.1 Å². The third kappa shape index (κ3) is 6.29. The lowest BCUT2D eigenvalue weighted by Gasteiger charge is -2.25. The molecule has 2 heteroatoms. The summed E-state index contributed by atoms with van der Waals surface area (Å²) in [5.41, 5.74) is 1.57. The molecule has 0 aromatic rings. The van der Waals surface area contributed by atoms with E-state index >= 15 is 0 Å². The highest BCUT2D eigenvalue weighted by molar-refractivity contribution is 5.03. The van der Waals surface area contributed by atoms with Crippen molar-refractivity contribution in [2.75, 3.05) is 32.7 Å². The molecule has 0 unspecified atom stereocenters. The van der Waals surface area contributed by atoms with Crippen molar-refractivity contribution >= 4 is 0 Å². The zero-order chi connectivity index (χ0) is 11.6. The number of unbranched alkanes of at least 4 members (excludes halogenated alkanes) is 2. The Morgan fingerprint density at radius 3 is 2.81 bits per heavy atom. The third-order valence-electron chi connectivity index (χ3n) is 3.27. The number of hydrogen-bond acceptors (Lipinski definition) is 2. The highest BCUT2D eigenvalue weighted by Crippen LogP contribution is 2.10. The predicted molar refractivity (Wildman–Crippen MR) is 71.8 cm³/mol. The summed E-state index contributed by atoms with van der Waals surface area (Å²) in [7, 11) is 0. The molecule has 0 saturated carbocycles. The van der Waals surface area contributed by atoms with Crippen LogP contribution in [0.5, 0.6) is 0 Å². The molecule has 94 valence electrons. The highest BCUT2D eigenvalue weighted by atomic mass is 15.1. The SMILES string of the molecule is CCCNCCCCCN1CC=C(C)CC1. The minimum atomic E-state index is 1.18. The Morgan fingerprint density at radius 1 is 1.25 bits per heavy atom. The molecule has 0 fully saturated rings. The monoisotopic (exact) mass is 224 g/mol. The lowest BCUT2D eigenvalue weighted by atomic mass is 10.1. The average Bonchev–Trinajstić information content (AvgIpc) is 2.30. The van der Waals surface area contributed by atoms with Gasteiger partial charge in [0.05, 0.1) is 0 Å². The molecule has 0 atom stereocenters. The third-order valence-corrected chi connectivity index (χ3v) is 3.27. The van der Waals surface area contributed by atoms with Crippen molar-refractivity contribution in [3.05, 3.63) is 11.6 Å². The fraction of sp³-hybridized carbons (Fsp3) is 0.857. The van der Waals surface area contributed by atoms with Gasteiger partial charge in [0.2, 0.25) is 0 Å². The second-order valence-corrected chi connectivity index (χ2v) is 4.91. The summed E-state index contributed by atoms with van der Waals surface area (Å²) in [5, 5.41) is 3.46. The van der Waals surface area contributed by atoms with Crippen LogP contribution in [-0.4, -0.2) is 37.6 Å². The molecule has 0 bridgehead atoms. The van der Waals surface area contributed by atoms with Crippen LogP contribution in [-0.2, 0) is 0 Å². The molecule has 1 aliphatic heterocycles. The Balaban J connectivity index is 1.88. The van der Waals surface area contributed by atoms with E-state index in [0.717, 1.165) is 0 Å². The first kappa shape index (κ1) is 13.7. The van der Waals surface area contributed by atoms with Crippen molar-refractivity contribution in [2.24, 2.45) is 0 Å². The van der Waals surface area contributed by atoms with Crippen molar-refractivity contribution < 1.29 is 0 Å². The van der Waals surface area contributed by atoms with Crippen molar-refractivity contribution in [2.45, 2.75) is 46.0 Å². The van der Waals surface area contributed by atoms with Gasteiger partial charge in [0.15, 0.2) is 0 Å². The highest BCUT2D eigenvalue weighted by Gasteiger charge is 2.07. The van der Waals surface area contributed by atoms with Crippen molar-refractivity contribution in [1.29, 1.82) is 0 Å². The molecule has 1 N–H and O–H groups in total. The van der Waals surface area contributed by atoms with E-state index in [1.165, 1.54) is 64.8 Å². The molecular weight excluding hydrogens is 196 g/mol. The standard InChI is InChI=1S/C14H28N2/c1-3-9-15-10-5-4-6-11-16-12-7-14(2)8-13-16/h7,15H,3-6,8-13H2,1-2H3. The Bertz CT molecular complexity index is 199. The molecule has 0 aromatic carbocycles. The molecule has 2 nitrogen and oxygen atoms in total. The maximum atomic E-state index is 3.46. The Labute approximate surface area is 101 Å². The predicted octanol–water partition coefficient (Wildman–Crippen LogP) is 2.81. The van der Waals surface area contributed by atoms with Crippen LogP contribution < -0.4 is 5.32 Å². The molecule has 0 saturated heterocycles. The summed E-state index contributed by atoms with van der Waals surface area (Å²) in [5.74, 6) is 0. The summed E-state index contributed by atoms with van der Waals surface area (Å²) >= 11 is 0. The van der Waals surface area contributed by atoms with Crippen LogP contribution in [0.4, 0.5) is 0 Å². The molecular formula is C14H28N2. The van der Waals surface area contributed by atoms with Crippen LogP contribution in [0, 0.1) is 0 Å². The quantitative estimate of drug-likeness (QED) is 0.504. The average molecular weight is 224 g/mol. The zero-order valence-electron chi connectivity index (χ0n) is 11.1. The molecule has 1 aliphatic rings. The van der Waals surface area contributed by atoms with Gasteiger partial charge in [-0.15, -0.1) is 0 Å². The molecule has 0 amide bonds. The van der Waals surface area contributed by atoms with E-state index in [2.05, 4.69) is 30.1 Å². The Morgan fingerprint density at radius 2 is 2.12 bits per heavy atom. The largest absolute Gasteiger partial charge is 0.317 e. The minimum absolute atomic E-state index is 1.18. The van der Waals surface area contributed by atoms with Crippen LogP contribution in [0.3, 0.4) is 0 Å². The van der Waals surface area contributed by atoms with E-state index in [1.54, 1.807) is 5.57 Å². The molecule has 0 aliphatic carbocycles. The van der Waals surface area contributed by atoms with Gasteiger partial charge in [0.1, 0.15) is 0 Å². The van der Waals surface area contributed by atoms with E-state index in [1.807, 2.05) is 0 Å². The summed E-state index contributed by atoms with van der Waals surface area (Å²) < 4.78 is 0. The normalized spacial score (nSPS) is 17.5. The summed E-state index contributed by atoms with van der Waals surface area (Å²) in [6.45, 7) is 10.6. The number of nitrogens with zero attached hydrogens (tertiary/aromatic N) is 1. The lowest BCUT2D eigenvalue weighted by Crippen LogP contribution is -2.29. The second kappa shape index (κ2) is 8.77. The van der Waals surface area contributed by atoms with E-state index in [0.29, 0.717) is 0 Å². The van der Waals surface area contributed by atoms with Gasteiger partial charge in [-0.1, -0.05) is 25.0 Å². The Hall–Kier alpha value is -0.340. The van der Waals surface area contributed by atoms with Gasteiger partial charge >= 0.3 is 0 Å². The minimum Gasteiger partial charge on any atom is -0.317 e. The topological polar surface area (TPSA) is 15.3 Å². The fourth-order valence-electron chi connectivity index (χ4n) is 2.08. The molecule has 1 rings (SSSR count). The van der Waals surface area contributed by atoms with Crippen LogP contribution >= 0.6 is 0 Å². The van der Waals surface area contributed by atoms with E-state index in [9.17, 15) is 0 Å². The summed E-state index contributed by atoms with van der Waals surface area (Å²) in [6, 6.07) is 0. The van der Waals surface area contributed by atoms with Gasteiger partial charge in [-0.3, -0.25) is 4.90 Å². The maximum Gasteiger partial charge on any atom is 0.0165 e. The van der Waals surface area contributed by atoms with Crippen LogP contribution in [0.25, 0.3) is 0 Å². The summed E-state index contributed by atoms with van der Waals surface area (Å²) in [6.07, 6.45) is 8.98. The van der Waals surface area contributed by atoms with Crippen molar-refractivity contribution in [3.8, 4) is 0 Å². The second-order valence-electron chi connectivity index (χ2n) is 4.91. The molecule has 16 heavy (non-hydrogen) atoms. The molecule has 0 spiro atoms. The van der Waals surface area contributed by atoms with Gasteiger partial charge in [-0.25, -0.2) is 0 Å². The molecule has 0 radical (unpaired) electrons. The number of nitrogens with one attached hydrogen (secondary N) is 1. The smallest absolute Gasteiger partial charge is 0.0165 e. The van der Waals surface area contributed by atoms with E-state index in [4.69, 9.17) is 0 Å². The molecule has 1 heterocycles. The van der Waals surface area contributed by atoms with E-state index < -0.39 is 0 Å². The van der Waals surface area contributed by atoms with Gasteiger partial charge in [-0.05, 0) is 52.2 Å². The van der Waals surface area contributed by atoms with Crippen LogP contribution in [0.15, 0.2) is 11.6 Å². The number of rotatable bonds is 8. The Kier molecular flexibility index (Phi) is 7.52. The zero-order valence-corrected chi connectivity index (χ0v) is 11.1. The van der Waals surface area contributed by atoms with Gasteiger partial charge < -0.3 is 5.32 Å². The van der Waals surface area contributed by atoms with Gasteiger partial charge in [-0.2, -0.15) is 0 Å². The van der Waals surface area contributed by atoms with Crippen LogP contribution in [0.2, 0.25) is 0 Å². The van der Waals surface area contributed by atoms with Crippen molar-refractivity contribution in [3.63, 3.8) is 0 Å².